The summed E-state index contributed by atoms with van der Waals surface area (Å²) in [7, 11) is 0. The van der Waals surface area contributed by atoms with E-state index in [1.807, 2.05) is 0 Å². The summed E-state index contributed by atoms with van der Waals surface area (Å²) in [4.78, 5) is 51.6. The molecule has 30 heavy (non-hydrogen) atoms. The molecule has 0 aromatic heterocycles. The SMILES string of the molecule is CC(=O)Nc1cccc(C(=O)N2CCCN(C(=O)CNC(=O)OC(C)(C)C)CC2)c1. The number of nitrogens with zero attached hydrogens (tertiary/aromatic N) is 2. The maximum absolute atomic E-state index is 12.9. The van der Waals surface area contributed by atoms with Gasteiger partial charge in [-0.1, -0.05) is 6.07 Å². The molecule has 0 radical (unpaired) electrons. The van der Waals surface area contributed by atoms with Gasteiger partial charge < -0.3 is 25.2 Å². The van der Waals surface area contributed by atoms with Crippen molar-refractivity contribution in [1.29, 1.82) is 0 Å². The van der Waals surface area contributed by atoms with Gasteiger partial charge in [0.25, 0.3) is 5.91 Å². The first-order valence-electron chi connectivity index (χ1n) is 9.97. The summed E-state index contributed by atoms with van der Waals surface area (Å²) in [6.07, 6.45) is -0.00324. The number of ether oxygens (including phenoxy) is 1. The summed E-state index contributed by atoms with van der Waals surface area (Å²) in [6, 6.07) is 6.78. The normalized spacial score (nSPS) is 14.5. The van der Waals surface area contributed by atoms with Crippen LogP contribution in [0.4, 0.5) is 10.5 Å². The van der Waals surface area contributed by atoms with Crippen molar-refractivity contribution in [2.45, 2.75) is 39.7 Å². The molecular formula is C21H30N4O5. The van der Waals surface area contributed by atoms with Crippen LogP contribution in [0.15, 0.2) is 24.3 Å². The minimum Gasteiger partial charge on any atom is -0.444 e. The zero-order chi connectivity index (χ0) is 22.3. The summed E-state index contributed by atoms with van der Waals surface area (Å²) in [5.74, 6) is -0.574. The van der Waals surface area contributed by atoms with E-state index in [2.05, 4.69) is 10.6 Å². The smallest absolute Gasteiger partial charge is 0.408 e. The fourth-order valence-corrected chi connectivity index (χ4v) is 3.06. The van der Waals surface area contributed by atoms with Gasteiger partial charge in [-0.05, 0) is 45.4 Å². The number of benzene rings is 1. The fraction of sp³-hybridized carbons (Fsp3) is 0.524. The minimum absolute atomic E-state index is 0.150. The molecular weight excluding hydrogens is 388 g/mol. The predicted octanol–water partition coefficient (Wildman–Crippen LogP) is 1.84. The van der Waals surface area contributed by atoms with Crippen molar-refractivity contribution in [3.63, 3.8) is 0 Å². The monoisotopic (exact) mass is 418 g/mol. The second-order valence-corrected chi connectivity index (χ2v) is 8.14. The molecule has 1 fully saturated rings. The van der Waals surface area contributed by atoms with Crippen molar-refractivity contribution in [3.05, 3.63) is 29.8 Å². The Morgan fingerprint density at radius 1 is 1.03 bits per heavy atom. The molecule has 1 aliphatic rings. The molecule has 1 saturated heterocycles. The first-order valence-corrected chi connectivity index (χ1v) is 9.97. The maximum Gasteiger partial charge on any atom is 0.408 e. The van der Waals surface area contributed by atoms with E-state index in [4.69, 9.17) is 4.74 Å². The fourth-order valence-electron chi connectivity index (χ4n) is 3.06. The van der Waals surface area contributed by atoms with Gasteiger partial charge in [-0.25, -0.2) is 4.79 Å². The van der Waals surface area contributed by atoms with E-state index < -0.39 is 11.7 Å². The summed E-state index contributed by atoms with van der Waals surface area (Å²) in [5, 5.41) is 5.14. The molecule has 0 aliphatic carbocycles. The molecule has 1 aliphatic heterocycles. The first kappa shape index (κ1) is 23.2. The molecule has 164 valence electrons. The van der Waals surface area contributed by atoms with Crippen molar-refractivity contribution in [3.8, 4) is 0 Å². The van der Waals surface area contributed by atoms with Crippen LogP contribution >= 0.6 is 0 Å². The Balaban J connectivity index is 1.90. The highest BCUT2D eigenvalue weighted by atomic mass is 16.6. The molecule has 2 rings (SSSR count). The van der Waals surface area contributed by atoms with Gasteiger partial charge in [0, 0.05) is 44.4 Å². The van der Waals surface area contributed by atoms with Gasteiger partial charge in [0.15, 0.2) is 0 Å². The number of anilines is 1. The molecule has 0 atom stereocenters. The molecule has 0 bridgehead atoms. The lowest BCUT2D eigenvalue weighted by Crippen LogP contribution is -2.43. The van der Waals surface area contributed by atoms with Gasteiger partial charge in [0.05, 0.1) is 0 Å². The van der Waals surface area contributed by atoms with Crippen LogP contribution in [0.1, 0.15) is 44.5 Å². The number of rotatable bonds is 4. The van der Waals surface area contributed by atoms with Crippen LogP contribution in [0.2, 0.25) is 0 Å². The average molecular weight is 418 g/mol. The number of alkyl carbamates (subject to hydrolysis) is 1. The zero-order valence-corrected chi connectivity index (χ0v) is 18.0. The highest BCUT2D eigenvalue weighted by Crippen LogP contribution is 2.14. The quantitative estimate of drug-likeness (QED) is 0.776. The topological polar surface area (TPSA) is 108 Å². The Kier molecular flexibility index (Phi) is 7.79. The lowest BCUT2D eigenvalue weighted by atomic mass is 10.1. The number of nitrogens with one attached hydrogen (secondary N) is 2. The highest BCUT2D eigenvalue weighted by Gasteiger charge is 2.24. The molecule has 0 spiro atoms. The lowest BCUT2D eigenvalue weighted by Gasteiger charge is -2.23. The second-order valence-electron chi connectivity index (χ2n) is 8.14. The average Bonchev–Trinajstić information content (AvgIpc) is 2.90. The molecule has 9 heteroatoms. The van der Waals surface area contributed by atoms with Gasteiger partial charge in [-0.3, -0.25) is 14.4 Å². The molecule has 1 aromatic carbocycles. The van der Waals surface area contributed by atoms with E-state index in [9.17, 15) is 19.2 Å². The van der Waals surface area contributed by atoms with Crippen molar-refractivity contribution in [1.82, 2.24) is 15.1 Å². The van der Waals surface area contributed by atoms with Crippen LogP contribution in [-0.2, 0) is 14.3 Å². The summed E-state index contributed by atoms with van der Waals surface area (Å²) in [6.45, 7) is 8.31. The Labute approximate surface area is 176 Å². The van der Waals surface area contributed by atoms with Crippen LogP contribution in [-0.4, -0.2) is 71.9 Å². The van der Waals surface area contributed by atoms with Crippen LogP contribution in [0, 0.1) is 0 Å². The van der Waals surface area contributed by atoms with E-state index in [1.165, 1.54) is 6.92 Å². The van der Waals surface area contributed by atoms with Crippen molar-refractivity contribution in [2.75, 3.05) is 38.0 Å². The minimum atomic E-state index is -0.637. The van der Waals surface area contributed by atoms with E-state index in [0.717, 1.165) is 0 Å². The number of hydrogen-bond acceptors (Lipinski definition) is 5. The molecule has 0 saturated carbocycles. The Morgan fingerprint density at radius 2 is 1.70 bits per heavy atom. The van der Waals surface area contributed by atoms with Gasteiger partial charge in [-0.2, -0.15) is 0 Å². The highest BCUT2D eigenvalue weighted by molar-refractivity contribution is 5.97. The van der Waals surface area contributed by atoms with Crippen LogP contribution in [0.3, 0.4) is 0 Å². The third-order valence-electron chi connectivity index (χ3n) is 4.35. The third-order valence-corrected chi connectivity index (χ3v) is 4.35. The van der Waals surface area contributed by atoms with Gasteiger partial charge in [-0.15, -0.1) is 0 Å². The lowest BCUT2D eigenvalue weighted by molar-refractivity contribution is -0.130. The number of hydrogen-bond donors (Lipinski definition) is 2. The molecule has 1 heterocycles. The van der Waals surface area contributed by atoms with E-state index in [1.54, 1.807) is 54.8 Å². The van der Waals surface area contributed by atoms with E-state index in [0.29, 0.717) is 43.9 Å². The number of carbonyl (C=O) groups is 4. The summed E-state index contributed by atoms with van der Waals surface area (Å²) >= 11 is 0. The van der Waals surface area contributed by atoms with Crippen LogP contribution < -0.4 is 10.6 Å². The van der Waals surface area contributed by atoms with Gasteiger partial charge in [0.1, 0.15) is 12.1 Å². The standard InChI is InChI=1S/C21H30N4O5/c1-15(26)23-17-8-5-7-16(13-17)19(28)25-10-6-9-24(11-12-25)18(27)14-22-20(29)30-21(2,3)4/h5,7-8,13H,6,9-12,14H2,1-4H3,(H,22,29)(H,23,26). The third kappa shape index (κ3) is 7.38. The second kappa shape index (κ2) is 10.1. The molecule has 9 nitrogen and oxygen atoms in total. The predicted molar refractivity (Wildman–Crippen MR) is 112 cm³/mol. The first-order chi connectivity index (χ1) is 14.0. The molecule has 4 amide bonds. The van der Waals surface area contributed by atoms with Gasteiger partial charge in [0.2, 0.25) is 11.8 Å². The van der Waals surface area contributed by atoms with Crippen molar-refractivity contribution < 1.29 is 23.9 Å². The molecule has 1 aromatic rings. The molecule has 2 N–H and O–H groups in total. The number of carbonyl (C=O) groups excluding carboxylic acids is 4. The van der Waals surface area contributed by atoms with E-state index in [-0.39, 0.29) is 24.3 Å². The van der Waals surface area contributed by atoms with Crippen LogP contribution in [0.5, 0.6) is 0 Å². The van der Waals surface area contributed by atoms with Crippen LogP contribution in [0.25, 0.3) is 0 Å². The number of amides is 4. The Bertz CT molecular complexity index is 803. The van der Waals surface area contributed by atoms with Crippen molar-refractivity contribution >= 4 is 29.5 Å². The Hall–Kier alpha value is -3.10. The Morgan fingerprint density at radius 3 is 2.37 bits per heavy atom. The van der Waals surface area contributed by atoms with Crippen molar-refractivity contribution in [2.24, 2.45) is 0 Å². The largest absolute Gasteiger partial charge is 0.444 e. The van der Waals surface area contributed by atoms with E-state index >= 15 is 0 Å². The van der Waals surface area contributed by atoms with Gasteiger partial charge >= 0.3 is 6.09 Å². The summed E-state index contributed by atoms with van der Waals surface area (Å²) in [5.41, 5.74) is 0.411. The summed E-state index contributed by atoms with van der Waals surface area (Å²) < 4.78 is 5.13. The zero-order valence-electron chi connectivity index (χ0n) is 18.0. The maximum atomic E-state index is 12.9. The molecule has 0 unspecified atom stereocenters.